The number of anilines is 1. The summed E-state index contributed by atoms with van der Waals surface area (Å²) in [6.45, 7) is 3.18. The lowest BCUT2D eigenvalue weighted by Crippen LogP contribution is -2.46. The van der Waals surface area contributed by atoms with E-state index in [0.29, 0.717) is 30.8 Å². The van der Waals surface area contributed by atoms with E-state index in [2.05, 4.69) is 5.32 Å². The highest BCUT2D eigenvalue weighted by atomic mass is 19.1. The van der Waals surface area contributed by atoms with Crippen LogP contribution in [0.2, 0.25) is 0 Å². The summed E-state index contributed by atoms with van der Waals surface area (Å²) in [5.74, 6) is -0.572. The van der Waals surface area contributed by atoms with E-state index in [9.17, 15) is 9.18 Å². The molecule has 1 amide bonds. The maximum atomic E-state index is 13.2. The molecule has 1 aromatic carbocycles. The SMILES string of the molecule is CCC(N)C(=O)NC1CCN(c2ccc(F)cc2C#N)C1. The molecule has 2 atom stereocenters. The van der Waals surface area contributed by atoms with E-state index in [1.54, 1.807) is 6.07 Å². The molecule has 0 spiro atoms. The number of hydrogen-bond donors (Lipinski definition) is 2. The van der Waals surface area contributed by atoms with Crippen molar-refractivity contribution in [3.8, 4) is 6.07 Å². The fourth-order valence-corrected chi connectivity index (χ4v) is 2.46. The van der Waals surface area contributed by atoms with Crippen molar-refractivity contribution in [3.05, 3.63) is 29.6 Å². The Balaban J connectivity index is 2.03. The van der Waals surface area contributed by atoms with Crippen LogP contribution in [0.25, 0.3) is 0 Å². The fourth-order valence-electron chi connectivity index (χ4n) is 2.46. The molecule has 2 unspecified atom stereocenters. The van der Waals surface area contributed by atoms with Gasteiger partial charge in [-0.15, -0.1) is 0 Å². The zero-order chi connectivity index (χ0) is 15.4. The number of nitriles is 1. The molecule has 3 N–H and O–H groups in total. The second kappa shape index (κ2) is 6.55. The number of nitrogens with two attached hydrogens (primary N) is 1. The Labute approximate surface area is 123 Å². The molecule has 5 nitrogen and oxygen atoms in total. The van der Waals surface area contributed by atoms with Gasteiger partial charge in [-0.3, -0.25) is 4.79 Å². The molecule has 6 heteroatoms. The molecule has 0 saturated carbocycles. The molecule has 1 fully saturated rings. The minimum atomic E-state index is -0.487. The molecule has 0 aliphatic carbocycles. The van der Waals surface area contributed by atoms with Crippen molar-refractivity contribution >= 4 is 11.6 Å². The van der Waals surface area contributed by atoms with Gasteiger partial charge in [0.05, 0.1) is 17.3 Å². The zero-order valence-corrected chi connectivity index (χ0v) is 12.0. The molecule has 0 radical (unpaired) electrons. The molecular weight excluding hydrogens is 271 g/mol. The van der Waals surface area contributed by atoms with E-state index in [1.807, 2.05) is 17.9 Å². The first-order chi connectivity index (χ1) is 10.0. The van der Waals surface area contributed by atoms with Gasteiger partial charge in [-0.05, 0) is 31.0 Å². The third-order valence-corrected chi connectivity index (χ3v) is 3.73. The highest BCUT2D eigenvalue weighted by molar-refractivity contribution is 5.81. The zero-order valence-electron chi connectivity index (χ0n) is 12.0. The summed E-state index contributed by atoms with van der Waals surface area (Å²) in [5, 5.41) is 12.0. The largest absolute Gasteiger partial charge is 0.368 e. The summed E-state index contributed by atoms with van der Waals surface area (Å²) < 4.78 is 13.2. The quantitative estimate of drug-likeness (QED) is 0.871. The van der Waals surface area contributed by atoms with Crippen LogP contribution in [-0.2, 0) is 4.79 Å². The number of nitrogens with one attached hydrogen (secondary N) is 1. The average molecular weight is 290 g/mol. The van der Waals surface area contributed by atoms with Crippen LogP contribution in [0.5, 0.6) is 0 Å². The summed E-state index contributed by atoms with van der Waals surface area (Å²) in [7, 11) is 0. The van der Waals surface area contributed by atoms with Gasteiger partial charge in [-0.1, -0.05) is 6.92 Å². The molecule has 1 aromatic rings. The van der Waals surface area contributed by atoms with Gasteiger partial charge in [0.15, 0.2) is 0 Å². The average Bonchev–Trinajstić information content (AvgIpc) is 2.94. The van der Waals surface area contributed by atoms with Gasteiger partial charge >= 0.3 is 0 Å². The summed E-state index contributed by atoms with van der Waals surface area (Å²) in [5.41, 5.74) is 6.71. The standard InChI is InChI=1S/C15H19FN4O/c1-2-13(18)15(21)19-12-5-6-20(9-12)14-4-3-11(16)7-10(14)8-17/h3-4,7,12-13H,2,5-6,9,18H2,1H3,(H,19,21). The van der Waals surface area contributed by atoms with E-state index in [4.69, 9.17) is 11.0 Å². The summed E-state index contributed by atoms with van der Waals surface area (Å²) in [6, 6.07) is 5.71. The Hall–Kier alpha value is -2.13. The predicted molar refractivity (Wildman–Crippen MR) is 78.1 cm³/mol. The van der Waals surface area contributed by atoms with Crippen LogP contribution in [-0.4, -0.2) is 31.1 Å². The third kappa shape index (κ3) is 3.50. The first-order valence-corrected chi connectivity index (χ1v) is 7.05. The van der Waals surface area contributed by atoms with E-state index < -0.39 is 11.9 Å². The molecule has 1 aliphatic heterocycles. The van der Waals surface area contributed by atoms with Crippen molar-refractivity contribution < 1.29 is 9.18 Å². The van der Waals surface area contributed by atoms with Crippen molar-refractivity contribution in [2.24, 2.45) is 5.73 Å². The highest BCUT2D eigenvalue weighted by Gasteiger charge is 2.26. The first-order valence-electron chi connectivity index (χ1n) is 7.05. The lowest BCUT2D eigenvalue weighted by molar-refractivity contribution is -0.123. The number of benzene rings is 1. The van der Waals surface area contributed by atoms with Gasteiger partial charge in [-0.25, -0.2) is 4.39 Å². The minimum Gasteiger partial charge on any atom is -0.368 e. The Morgan fingerprint density at radius 3 is 3.10 bits per heavy atom. The number of hydrogen-bond acceptors (Lipinski definition) is 4. The molecular formula is C15H19FN4O. The number of carbonyl (C=O) groups excluding carboxylic acids is 1. The Kier molecular flexibility index (Phi) is 4.76. The summed E-state index contributed by atoms with van der Waals surface area (Å²) >= 11 is 0. The molecule has 112 valence electrons. The van der Waals surface area contributed by atoms with Gasteiger partial charge in [0.2, 0.25) is 5.91 Å². The van der Waals surface area contributed by atoms with Gasteiger partial charge in [-0.2, -0.15) is 5.26 Å². The predicted octanol–water partition coefficient (Wildman–Crippen LogP) is 1.13. The number of amides is 1. The van der Waals surface area contributed by atoms with Crippen LogP contribution >= 0.6 is 0 Å². The lowest BCUT2D eigenvalue weighted by atomic mass is 10.1. The fraction of sp³-hybridized carbons (Fsp3) is 0.467. The van der Waals surface area contributed by atoms with Crippen LogP contribution in [0.1, 0.15) is 25.3 Å². The summed E-state index contributed by atoms with van der Waals surface area (Å²) in [6.07, 6.45) is 1.38. The van der Waals surface area contributed by atoms with Crippen molar-refractivity contribution in [2.45, 2.75) is 31.8 Å². The minimum absolute atomic E-state index is 0.00620. The lowest BCUT2D eigenvalue weighted by Gasteiger charge is -2.21. The first kappa shape index (κ1) is 15.3. The summed E-state index contributed by atoms with van der Waals surface area (Å²) in [4.78, 5) is 13.8. The van der Waals surface area contributed by atoms with E-state index in [0.717, 1.165) is 6.42 Å². The van der Waals surface area contributed by atoms with Crippen molar-refractivity contribution in [1.29, 1.82) is 5.26 Å². The molecule has 1 heterocycles. The van der Waals surface area contributed by atoms with Crippen LogP contribution < -0.4 is 16.0 Å². The second-order valence-corrected chi connectivity index (χ2v) is 5.23. The second-order valence-electron chi connectivity index (χ2n) is 5.23. The Bertz CT molecular complexity index is 569. The molecule has 1 saturated heterocycles. The number of carbonyl (C=O) groups is 1. The van der Waals surface area contributed by atoms with Crippen LogP contribution in [0.4, 0.5) is 10.1 Å². The van der Waals surface area contributed by atoms with Gasteiger partial charge < -0.3 is 16.0 Å². The monoisotopic (exact) mass is 290 g/mol. The smallest absolute Gasteiger partial charge is 0.237 e. The van der Waals surface area contributed by atoms with E-state index >= 15 is 0 Å². The van der Waals surface area contributed by atoms with Crippen LogP contribution in [0.3, 0.4) is 0 Å². The normalized spacial score (nSPS) is 19.1. The van der Waals surface area contributed by atoms with E-state index in [1.165, 1.54) is 12.1 Å². The third-order valence-electron chi connectivity index (χ3n) is 3.73. The molecule has 1 aliphatic rings. The maximum Gasteiger partial charge on any atom is 0.237 e. The van der Waals surface area contributed by atoms with Gasteiger partial charge in [0.1, 0.15) is 11.9 Å². The van der Waals surface area contributed by atoms with Crippen molar-refractivity contribution in [3.63, 3.8) is 0 Å². The number of nitrogens with zero attached hydrogens (tertiary/aromatic N) is 2. The topological polar surface area (TPSA) is 82.2 Å². The van der Waals surface area contributed by atoms with Crippen LogP contribution in [0, 0.1) is 17.1 Å². The van der Waals surface area contributed by atoms with Gasteiger partial charge in [0.25, 0.3) is 0 Å². The molecule has 2 rings (SSSR count). The molecule has 0 bridgehead atoms. The maximum absolute atomic E-state index is 13.2. The highest BCUT2D eigenvalue weighted by Crippen LogP contribution is 2.25. The molecule has 0 aromatic heterocycles. The Morgan fingerprint density at radius 1 is 1.67 bits per heavy atom. The number of halogens is 1. The van der Waals surface area contributed by atoms with Crippen molar-refractivity contribution in [1.82, 2.24) is 5.32 Å². The Morgan fingerprint density at radius 2 is 2.43 bits per heavy atom. The van der Waals surface area contributed by atoms with Crippen molar-refractivity contribution in [2.75, 3.05) is 18.0 Å². The van der Waals surface area contributed by atoms with Crippen LogP contribution in [0.15, 0.2) is 18.2 Å². The molecule has 21 heavy (non-hydrogen) atoms. The number of rotatable bonds is 4. The van der Waals surface area contributed by atoms with Gasteiger partial charge in [0, 0.05) is 19.1 Å². The van der Waals surface area contributed by atoms with E-state index in [-0.39, 0.29) is 11.9 Å².